The van der Waals surface area contributed by atoms with Crippen LogP contribution in [0.25, 0.3) is 0 Å². The highest BCUT2D eigenvalue weighted by atomic mass is 16.5. The maximum absolute atomic E-state index is 12.8. The molecule has 6 heteroatoms. The van der Waals surface area contributed by atoms with Crippen molar-refractivity contribution in [2.45, 2.75) is 44.4 Å². The number of carbonyl (C=O) groups excluding carboxylic acids is 1. The molecular formula is C19H28N2O4. The zero-order chi connectivity index (χ0) is 17.1. The van der Waals surface area contributed by atoms with Gasteiger partial charge in [0.15, 0.2) is 0 Å². The van der Waals surface area contributed by atoms with E-state index in [0.29, 0.717) is 25.1 Å². The highest BCUT2D eigenvalue weighted by Gasteiger charge is 2.42. The Kier molecular flexibility index (Phi) is 5.39. The third-order valence-electron chi connectivity index (χ3n) is 5.96. The number of ether oxygens (including phenoxy) is 2. The number of fused-ring (bicyclic) bond motifs is 1. The molecule has 1 N–H and O–H groups in total. The van der Waals surface area contributed by atoms with E-state index in [9.17, 15) is 4.79 Å². The molecule has 0 saturated carbocycles. The van der Waals surface area contributed by atoms with Crippen LogP contribution in [-0.2, 0) is 20.8 Å². The summed E-state index contributed by atoms with van der Waals surface area (Å²) >= 11 is 0. The van der Waals surface area contributed by atoms with Crippen molar-refractivity contribution in [1.29, 1.82) is 0 Å². The topological polar surface area (TPSA) is 63.9 Å². The maximum Gasteiger partial charge on any atom is 0.224 e. The second-order valence-electron chi connectivity index (χ2n) is 7.39. The van der Waals surface area contributed by atoms with Gasteiger partial charge in [0.05, 0.1) is 18.9 Å². The van der Waals surface area contributed by atoms with Gasteiger partial charge in [-0.15, -0.1) is 0 Å². The largest absolute Gasteiger partial charge is 0.467 e. The van der Waals surface area contributed by atoms with Crippen molar-refractivity contribution in [3.8, 4) is 0 Å². The molecule has 0 radical (unpaired) electrons. The van der Waals surface area contributed by atoms with Crippen molar-refractivity contribution in [2.75, 3.05) is 32.9 Å². The molecule has 3 saturated heterocycles. The molecule has 0 aliphatic carbocycles. The number of nitrogens with one attached hydrogen (secondary N) is 1. The first-order valence-electron chi connectivity index (χ1n) is 9.55. The van der Waals surface area contributed by atoms with E-state index in [1.807, 2.05) is 12.1 Å². The summed E-state index contributed by atoms with van der Waals surface area (Å²) in [5.74, 6) is 1.27. The number of piperidine rings is 1. The van der Waals surface area contributed by atoms with E-state index in [2.05, 4.69) is 10.2 Å². The summed E-state index contributed by atoms with van der Waals surface area (Å²) in [6, 6.07) is 4.34. The quantitative estimate of drug-likeness (QED) is 0.899. The van der Waals surface area contributed by atoms with Crippen molar-refractivity contribution in [2.24, 2.45) is 11.8 Å². The second-order valence-corrected chi connectivity index (χ2v) is 7.39. The molecule has 25 heavy (non-hydrogen) atoms. The Balaban J connectivity index is 1.38. The van der Waals surface area contributed by atoms with E-state index in [-0.39, 0.29) is 17.9 Å². The molecule has 3 aliphatic heterocycles. The number of likely N-dealkylation sites (tertiary alicyclic amines) is 1. The Morgan fingerprint density at radius 2 is 2.08 bits per heavy atom. The van der Waals surface area contributed by atoms with E-state index in [1.54, 1.807) is 6.26 Å². The van der Waals surface area contributed by atoms with Gasteiger partial charge in [-0.3, -0.25) is 9.69 Å². The van der Waals surface area contributed by atoms with Crippen LogP contribution in [0.1, 0.15) is 31.4 Å². The minimum absolute atomic E-state index is 0.0383. The van der Waals surface area contributed by atoms with E-state index < -0.39 is 0 Å². The molecule has 6 nitrogen and oxygen atoms in total. The summed E-state index contributed by atoms with van der Waals surface area (Å²) < 4.78 is 16.8. The van der Waals surface area contributed by atoms with Gasteiger partial charge in [-0.2, -0.15) is 0 Å². The lowest BCUT2D eigenvalue weighted by Crippen LogP contribution is -2.56. The molecule has 1 amide bonds. The molecule has 0 spiro atoms. The van der Waals surface area contributed by atoms with E-state index in [4.69, 9.17) is 13.9 Å². The Labute approximate surface area is 148 Å². The smallest absolute Gasteiger partial charge is 0.224 e. The van der Waals surface area contributed by atoms with Gasteiger partial charge in [0.25, 0.3) is 0 Å². The average molecular weight is 348 g/mol. The minimum atomic E-state index is 0.0383. The highest BCUT2D eigenvalue weighted by Crippen LogP contribution is 2.35. The first-order valence-corrected chi connectivity index (χ1v) is 9.55. The number of carbonyl (C=O) groups is 1. The fourth-order valence-electron chi connectivity index (χ4n) is 4.57. The summed E-state index contributed by atoms with van der Waals surface area (Å²) in [5, 5.41) is 3.06. The van der Waals surface area contributed by atoms with Crippen LogP contribution in [0.15, 0.2) is 22.8 Å². The van der Waals surface area contributed by atoms with Crippen LogP contribution in [0.5, 0.6) is 0 Å². The summed E-state index contributed by atoms with van der Waals surface area (Å²) in [4.78, 5) is 15.4. The average Bonchev–Trinajstić information content (AvgIpc) is 3.19. The van der Waals surface area contributed by atoms with Crippen molar-refractivity contribution < 1.29 is 18.7 Å². The number of rotatable bonds is 4. The van der Waals surface area contributed by atoms with Gasteiger partial charge >= 0.3 is 0 Å². The van der Waals surface area contributed by atoms with Gasteiger partial charge in [0, 0.05) is 50.8 Å². The first-order chi connectivity index (χ1) is 12.3. The SMILES string of the molecule is O=C(NCc1ccco1)[C@@H]1CCO[C@@H]2CCN(C3CCOCC3)C[C@@H]21. The number of nitrogens with zero attached hydrogens (tertiary/aromatic N) is 1. The van der Waals surface area contributed by atoms with Crippen LogP contribution in [0.3, 0.4) is 0 Å². The standard InChI is InChI=1S/C19H28N2O4/c22-19(20-12-15-2-1-8-24-15)16-6-11-25-18-3-7-21(13-17(16)18)14-4-9-23-10-5-14/h1-2,8,14,16-18H,3-7,9-13H2,(H,20,22)/t16-,17-,18-/m1/s1. The maximum atomic E-state index is 12.8. The first kappa shape index (κ1) is 17.1. The van der Waals surface area contributed by atoms with E-state index in [0.717, 1.165) is 57.7 Å². The molecule has 1 aromatic rings. The van der Waals surface area contributed by atoms with Crippen LogP contribution >= 0.6 is 0 Å². The molecule has 3 aliphatic rings. The lowest BCUT2D eigenvalue weighted by atomic mass is 9.78. The number of furan rings is 1. The summed E-state index contributed by atoms with van der Waals surface area (Å²) in [6.07, 6.45) is 5.92. The van der Waals surface area contributed by atoms with Crippen LogP contribution in [0.4, 0.5) is 0 Å². The second kappa shape index (κ2) is 7.89. The Bertz CT molecular complexity index is 556. The van der Waals surface area contributed by atoms with E-state index in [1.165, 1.54) is 0 Å². The van der Waals surface area contributed by atoms with Gasteiger partial charge < -0.3 is 19.2 Å². The number of amides is 1. The lowest BCUT2D eigenvalue weighted by molar-refractivity contribution is -0.144. The molecule has 0 unspecified atom stereocenters. The third kappa shape index (κ3) is 3.91. The van der Waals surface area contributed by atoms with Gasteiger partial charge in [-0.25, -0.2) is 0 Å². The van der Waals surface area contributed by atoms with Gasteiger partial charge in [-0.05, 0) is 37.8 Å². The van der Waals surface area contributed by atoms with Crippen LogP contribution in [0, 0.1) is 11.8 Å². The molecule has 4 heterocycles. The van der Waals surface area contributed by atoms with E-state index >= 15 is 0 Å². The summed E-state index contributed by atoms with van der Waals surface area (Å²) in [5.41, 5.74) is 0. The molecule has 1 aromatic heterocycles. The van der Waals surface area contributed by atoms with Crippen molar-refractivity contribution in [1.82, 2.24) is 10.2 Å². The number of hydrogen-bond donors (Lipinski definition) is 1. The molecule has 3 fully saturated rings. The lowest BCUT2D eigenvalue weighted by Gasteiger charge is -2.47. The number of hydrogen-bond acceptors (Lipinski definition) is 5. The molecule has 4 rings (SSSR count). The fourth-order valence-corrected chi connectivity index (χ4v) is 4.57. The molecule has 138 valence electrons. The predicted molar refractivity (Wildman–Crippen MR) is 91.9 cm³/mol. The summed E-state index contributed by atoms with van der Waals surface area (Å²) in [6.45, 7) is 4.92. The Morgan fingerprint density at radius 1 is 1.20 bits per heavy atom. The minimum Gasteiger partial charge on any atom is -0.467 e. The Morgan fingerprint density at radius 3 is 2.88 bits per heavy atom. The molecule has 0 aromatic carbocycles. The fraction of sp³-hybridized carbons (Fsp3) is 0.737. The van der Waals surface area contributed by atoms with Crippen molar-refractivity contribution >= 4 is 5.91 Å². The van der Waals surface area contributed by atoms with Crippen LogP contribution in [0.2, 0.25) is 0 Å². The molecule has 3 atom stereocenters. The van der Waals surface area contributed by atoms with Crippen molar-refractivity contribution in [3.63, 3.8) is 0 Å². The zero-order valence-electron chi connectivity index (χ0n) is 14.7. The van der Waals surface area contributed by atoms with Gasteiger partial charge in [-0.1, -0.05) is 0 Å². The monoisotopic (exact) mass is 348 g/mol. The predicted octanol–water partition coefficient (Wildman–Crippen LogP) is 1.80. The Hall–Kier alpha value is -1.37. The third-order valence-corrected chi connectivity index (χ3v) is 5.96. The normalized spacial score (nSPS) is 31.4. The van der Waals surface area contributed by atoms with Crippen LogP contribution < -0.4 is 5.32 Å². The van der Waals surface area contributed by atoms with Gasteiger partial charge in [0.2, 0.25) is 5.91 Å². The van der Waals surface area contributed by atoms with Crippen molar-refractivity contribution in [3.05, 3.63) is 24.2 Å². The molecular weight excluding hydrogens is 320 g/mol. The van der Waals surface area contributed by atoms with Crippen LogP contribution in [-0.4, -0.2) is 55.9 Å². The zero-order valence-corrected chi connectivity index (χ0v) is 14.7. The summed E-state index contributed by atoms with van der Waals surface area (Å²) in [7, 11) is 0. The molecule has 0 bridgehead atoms. The van der Waals surface area contributed by atoms with Gasteiger partial charge in [0.1, 0.15) is 5.76 Å². The highest BCUT2D eigenvalue weighted by molar-refractivity contribution is 5.79.